The van der Waals surface area contributed by atoms with Gasteiger partial charge in [-0.1, -0.05) is 28.9 Å². The number of alkyl halides is 3. The van der Waals surface area contributed by atoms with Gasteiger partial charge in [0.15, 0.2) is 11.5 Å². The molecule has 0 aliphatic heterocycles. The van der Waals surface area contributed by atoms with Gasteiger partial charge in [0.25, 0.3) is 5.91 Å². The highest BCUT2D eigenvalue weighted by Crippen LogP contribution is 2.43. The first-order valence-electron chi connectivity index (χ1n) is 9.08. The molecule has 14 heteroatoms. The first-order valence-corrected chi connectivity index (χ1v) is 9.46. The molecule has 4 rings (SSSR count). The first kappa shape index (κ1) is 23.0. The number of azide groups is 1. The number of hydrogen-bond donors (Lipinski definition) is 0. The van der Waals surface area contributed by atoms with Crippen LogP contribution in [0.5, 0.6) is 0 Å². The molecule has 0 saturated carbocycles. The zero-order valence-electron chi connectivity index (χ0n) is 16.4. The van der Waals surface area contributed by atoms with Crippen LogP contribution in [0.15, 0.2) is 58.3 Å². The summed E-state index contributed by atoms with van der Waals surface area (Å²) < 4.78 is 75.8. The molecule has 0 spiro atoms. The van der Waals surface area contributed by atoms with E-state index < -0.39 is 57.6 Å². The third-order valence-corrected chi connectivity index (χ3v) is 4.89. The Morgan fingerprint density at radius 1 is 1.18 bits per heavy atom. The molecule has 0 aliphatic rings. The fraction of sp³-hybridized carbons (Fsp3) is 0.0500. The van der Waals surface area contributed by atoms with Crippen LogP contribution in [0.4, 0.5) is 22.0 Å². The molecule has 0 fully saturated rings. The van der Waals surface area contributed by atoms with Gasteiger partial charge in [-0.3, -0.25) is 4.79 Å². The lowest BCUT2D eigenvalue weighted by molar-refractivity contribution is -0.142. The van der Waals surface area contributed by atoms with E-state index in [4.69, 9.17) is 21.7 Å². The lowest BCUT2D eigenvalue weighted by atomic mass is 10.0. The van der Waals surface area contributed by atoms with Crippen LogP contribution in [0.2, 0.25) is 5.02 Å². The molecule has 0 atom stereocenters. The van der Waals surface area contributed by atoms with E-state index in [2.05, 4.69) is 20.3 Å². The molecular weight excluding hydrogens is 487 g/mol. The van der Waals surface area contributed by atoms with E-state index in [1.807, 2.05) is 0 Å². The van der Waals surface area contributed by atoms with Gasteiger partial charge in [-0.05, 0) is 41.0 Å². The van der Waals surface area contributed by atoms with Crippen LogP contribution in [0, 0.1) is 11.6 Å². The zero-order chi connectivity index (χ0) is 24.6. The van der Waals surface area contributed by atoms with Gasteiger partial charge >= 0.3 is 6.18 Å². The minimum Gasteiger partial charge on any atom is -0.355 e. The largest absolute Gasteiger partial charge is 0.434 e. The Bertz CT molecular complexity index is 1450. The molecule has 0 saturated heterocycles. The van der Waals surface area contributed by atoms with Crippen LogP contribution in [-0.2, 0) is 6.18 Å². The van der Waals surface area contributed by atoms with Gasteiger partial charge in [-0.15, -0.1) is 0 Å². The summed E-state index contributed by atoms with van der Waals surface area (Å²) in [6.07, 6.45) is -4.38. The Morgan fingerprint density at radius 3 is 2.56 bits per heavy atom. The van der Waals surface area contributed by atoms with Crippen molar-refractivity contribution < 1.29 is 31.3 Å². The SMILES string of the molecule is [N-]=[N+]=NC(=O)c1c(-c2c(F)cccc2Cl)noc1-c1cnn(-c2cccc(F)c2)c1C(F)(F)F. The predicted molar refractivity (Wildman–Crippen MR) is 108 cm³/mol. The number of hydrogen-bond acceptors (Lipinski definition) is 4. The summed E-state index contributed by atoms with van der Waals surface area (Å²) in [6.45, 7) is 0. The van der Waals surface area contributed by atoms with Gasteiger partial charge in [0.05, 0.1) is 28.0 Å². The number of aromatic nitrogens is 3. The maximum Gasteiger partial charge on any atom is 0.434 e. The van der Waals surface area contributed by atoms with Crippen LogP contribution in [-0.4, -0.2) is 20.8 Å². The molecule has 0 aliphatic carbocycles. The van der Waals surface area contributed by atoms with Gasteiger partial charge in [-0.2, -0.15) is 18.3 Å². The molecule has 0 N–H and O–H groups in total. The monoisotopic (exact) mass is 494 g/mol. The van der Waals surface area contributed by atoms with E-state index in [1.54, 1.807) is 0 Å². The topological polar surface area (TPSA) is 110 Å². The number of rotatable bonds is 4. The molecule has 2 heterocycles. The molecular formula is C20H8ClF5N6O2. The van der Waals surface area contributed by atoms with E-state index in [1.165, 1.54) is 24.3 Å². The van der Waals surface area contributed by atoms with Crippen molar-refractivity contribution in [1.82, 2.24) is 14.9 Å². The number of benzene rings is 2. The Hall–Kier alpha value is -4.22. The summed E-state index contributed by atoms with van der Waals surface area (Å²) in [5.41, 5.74) is 4.36. The van der Waals surface area contributed by atoms with Crippen LogP contribution < -0.4 is 0 Å². The highest BCUT2D eigenvalue weighted by Gasteiger charge is 2.42. The fourth-order valence-corrected chi connectivity index (χ4v) is 3.50. The summed E-state index contributed by atoms with van der Waals surface area (Å²) in [6, 6.07) is 7.66. The van der Waals surface area contributed by atoms with Crippen molar-refractivity contribution >= 4 is 17.5 Å². The standard InChI is InChI=1S/C20H8ClF5N6O2/c21-12-5-2-6-13(23)14(12)16-15(19(33)29-31-27)17(34-30-16)11-8-28-32(18(11)20(24,25)26)10-4-1-3-9(22)7-10/h1-8H. The lowest BCUT2D eigenvalue weighted by Crippen LogP contribution is -2.15. The highest BCUT2D eigenvalue weighted by atomic mass is 35.5. The number of carbonyl (C=O) groups is 1. The molecule has 2 aromatic heterocycles. The first-order chi connectivity index (χ1) is 16.1. The van der Waals surface area contributed by atoms with E-state index >= 15 is 0 Å². The summed E-state index contributed by atoms with van der Waals surface area (Å²) in [7, 11) is 0. The molecule has 0 unspecified atom stereocenters. The van der Waals surface area contributed by atoms with E-state index in [0.29, 0.717) is 10.9 Å². The second-order valence-electron chi connectivity index (χ2n) is 6.62. The van der Waals surface area contributed by atoms with Gasteiger partial charge in [0.2, 0.25) is 0 Å². The van der Waals surface area contributed by atoms with Gasteiger partial charge in [0.1, 0.15) is 22.9 Å². The van der Waals surface area contributed by atoms with E-state index in [-0.39, 0.29) is 10.7 Å². The smallest absolute Gasteiger partial charge is 0.355 e. The molecule has 4 aromatic rings. The Morgan fingerprint density at radius 2 is 1.91 bits per heavy atom. The third kappa shape index (κ3) is 3.98. The van der Waals surface area contributed by atoms with Crippen molar-refractivity contribution in [3.63, 3.8) is 0 Å². The van der Waals surface area contributed by atoms with Crippen LogP contribution in [0.1, 0.15) is 16.1 Å². The highest BCUT2D eigenvalue weighted by molar-refractivity contribution is 6.33. The van der Waals surface area contributed by atoms with E-state index in [9.17, 15) is 26.7 Å². The number of amides is 1. The maximum atomic E-state index is 14.5. The Balaban J connectivity index is 2.04. The molecule has 2 aromatic carbocycles. The Kier molecular flexibility index (Phi) is 5.82. The molecule has 0 radical (unpaired) electrons. The summed E-state index contributed by atoms with van der Waals surface area (Å²) in [5, 5.41) is 9.85. The average Bonchev–Trinajstić information content (AvgIpc) is 3.38. The van der Waals surface area contributed by atoms with Crippen molar-refractivity contribution in [2.45, 2.75) is 6.18 Å². The van der Waals surface area contributed by atoms with Crippen molar-refractivity contribution in [2.24, 2.45) is 5.11 Å². The number of halogens is 6. The minimum atomic E-state index is -5.08. The van der Waals surface area contributed by atoms with Crippen molar-refractivity contribution in [2.75, 3.05) is 0 Å². The van der Waals surface area contributed by atoms with Crippen LogP contribution >= 0.6 is 11.6 Å². The zero-order valence-corrected chi connectivity index (χ0v) is 17.1. The van der Waals surface area contributed by atoms with E-state index in [0.717, 1.165) is 18.2 Å². The summed E-state index contributed by atoms with van der Waals surface area (Å²) in [4.78, 5) is 14.9. The number of carbonyl (C=O) groups excluding carboxylic acids is 1. The van der Waals surface area contributed by atoms with Crippen LogP contribution in [0.3, 0.4) is 0 Å². The molecule has 34 heavy (non-hydrogen) atoms. The molecule has 8 nitrogen and oxygen atoms in total. The number of nitrogens with zero attached hydrogens (tertiary/aromatic N) is 6. The van der Waals surface area contributed by atoms with Crippen molar-refractivity contribution in [3.8, 4) is 28.3 Å². The fourth-order valence-electron chi connectivity index (χ4n) is 3.25. The lowest BCUT2D eigenvalue weighted by Gasteiger charge is -2.12. The maximum absolute atomic E-state index is 14.5. The quantitative estimate of drug-likeness (QED) is 0.138. The summed E-state index contributed by atoms with van der Waals surface area (Å²) >= 11 is 6.01. The second-order valence-corrected chi connectivity index (χ2v) is 7.03. The molecule has 1 amide bonds. The van der Waals surface area contributed by atoms with Crippen LogP contribution in [0.25, 0.3) is 38.7 Å². The van der Waals surface area contributed by atoms with Gasteiger partial charge in [-0.25, -0.2) is 13.5 Å². The van der Waals surface area contributed by atoms with Gasteiger partial charge in [0, 0.05) is 4.91 Å². The normalized spacial score (nSPS) is 11.4. The predicted octanol–water partition coefficient (Wildman–Crippen LogP) is 6.60. The van der Waals surface area contributed by atoms with Gasteiger partial charge < -0.3 is 4.52 Å². The Labute approximate surface area is 190 Å². The summed E-state index contributed by atoms with van der Waals surface area (Å²) in [5.74, 6) is -3.99. The molecule has 0 bridgehead atoms. The molecule has 172 valence electrons. The second kappa shape index (κ2) is 8.61. The van der Waals surface area contributed by atoms with Crippen molar-refractivity contribution in [3.05, 3.63) is 87.0 Å². The third-order valence-electron chi connectivity index (χ3n) is 4.58. The van der Waals surface area contributed by atoms with Crippen molar-refractivity contribution in [1.29, 1.82) is 0 Å². The average molecular weight is 495 g/mol. The minimum absolute atomic E-state index is 0.235.